The average Bonchev–Trinajstić information content (AvgIpc) is 2.22. The van der Waals surface area contributed by atoms with Gasteiger partial charge in [-0.25, -0.2) is 0 Å². The van der Waals surface area contributed by atoms with Crippen LogP contribution in [0.5, 0.6) is 0 Å². The first-order valence-corrected chi connectivity index (χ1v) is 5.13. The molecule has 2 heteroatoms. The van der Waals surface area contributed by atoms with Crippen LogP contribution in [0.4, 0.5) is 0 Å². The summed E-state index contributed by atoms with van der Waals surface area (Å²) in [7, 11) is 0. The summed E-state index contributed by atoms with van der Waals surface area (Å²) >= 11 is 0. The first kappa shape index (κ1) is 11.8. The molecule has 1 atom stereocenters. The number of hydrogen-bond acceptors (Lipinski definition) is 2. The largest absolute Gasteiger partial charge is 0.329 e. The maximum Gasteiger partial charge on any atom is 0.0578 e. The monoisotopic (exact) mass is 202 g/mol. The van der Waals surface area contributed by atoms with Gasteiger partial charge < -0.3 is 5.73 Å². The number of nitrogens with two attached hydrogens (primary N) is 1. The fourth-order valence-corrected chi connectivity index (χ4v) is 1.86. The molecule has 0 aliphatic carbocycles. The lowest BCUT2D eigenvalue weighted by molar-refractivity contribution is 0.576. The Kier molecular flexibility index (Phi) is 4.36. The lowest BCUT2D eigenvalue weighted by Crippen LogP contribution is -2.29. The Bertz CT molecular complexity index is 343. The van der Waals surface area contributed by atoms with Crippen molar-refractivity contribution >= 4 is 0 Å². The van der Waals surface area contributed by atoms with E-state index < -0.39 is 0 Å². The van der Waals surface area contributed by atoms with Crippen LogP contribution in [0.15, 0.2) is 18.2 Å². The van der Waals surface area contributed by atoms with Crippen molar-refractivity contribution in [3.8, 4) is 12.3 Å². The molecule has 15 heavy (non-hydrogen) atoms. The molecule has 0 aromatic heterocycles. The molecule has 0 saturated heterocycles. The SMILES string of the molecule is C#CCNC(CN)c1c(C)cccc1C. The third kappa shape index (κ3) is 2.82. The van der Waals surface area contributed by atoms with Gasteiger partial charge in [0.1, 0.15) is 0 Å². The van der Waals surface area contributed by atoms with Gasteiger partial charge in [0.2, 0.25) is 0 Å². The molecule has 0 amide bonds. The highest BCUT2D eigenvalue weighted by Crippen LogP contribution is 2.20. The van der Waals surface area contributed by atoms with Crippen LogP contribution >= 0.6 is 0 Å². The van der Waals surface area contributed by atoms with Crippen molar-refractivity contribution in [1.82, 2.24) is 5.32 Å². The minimum absolute atomic E-state index is 0.155. The van der Waals surface area contributed by atoms with Gasteiger partial charge in [0, 0.05) is 12.6 Å². The third-order valence-electron chi connectivity index (χ3n) is 2.58. The van der Waals surface area contributed by atoms with Crippen molar-refractivity contribution < 1.29 is 0 Å². The van der Waals surface area contributed by atoms with E-state index in [-0.39, 0.29) is 6.04 Å². The van der Waals surface area contributed by atoms with Crippen LogP contribution < -0.4 is 11.1 Å². The third-order valence-corrected chi connectivity index (χ3v) is 2.58. The zero-order valence-corrected chi connectivity index (χ0v) is 9.38. The number of nitrogens with one attached hydrogen (secondary N) is 1. The van der Waals surface area contributed by atoms with E-state index in [1.54, 1.807) is 0 Å². The predicted molar refractivity (Wildman–Crippen MR) is 64.5 cm³/mol. The van der Waals surface area contributed by atoms with Gasteiger partial charge in [0.15, 0.2) is 0 Å². The smallest absolute Gasteiger partial charge is 0.0578 e. The maximum absolute atomic E-state index is 5.75. The zero-order valence-electron chi connectivity index (χ0n) is 9.38. The van der Waals surface area contributed by atoms with Gasteiger partial charge in [-0.1, -0.05) is 24.1 Å². The highest BCUT2D eigenvalue weighted by molar-refractivity contribution is 5.36. The molecule has 1 aromatic rings. The number of terminal acetylenes is 1. The summed E-state index contributed by atoms with van der Waals surface area (Å²) in [4.78, 5) is 0. The molecule has 0 radical (unpaired) electrons. The summed E-state index contributed by atoms with van der Waals surface area (Å²) in [6.45, 7) is 5.31. The van der Waals surface area contributed by atoms with E-state index in [2.05, 4.69) is 43.3 Å². The van der Waals surface area contributed by atoms with Gasteiger partial charge in [0.25, 0.3) is 0 Å². The molecule has 3 N–H and O–H groups in total. The Balaban J connectivity index is 2.96. The molecule has 0 heterocycles. The standard InChI is InChI=1S/C13H18N2/c1-4-8-15-12(9-14)13-10(2)6-5-7-11(13)3/h1,5-7,12,15H,8-9,14H2,2-3H3. The topological polar surface area (TPSA) is 38.0 Å². The number of rotatable bonds is 4. The van der Waals surface area contributed by atoms with E-state index in [4.69, 9.17) is 12.2 Å². The van der Waals surface area contributed by atoms with Crippen LogP contribution in [0, 0.1) is 26.2 Å². The van der Waals surface area contributed by atoms with Crippen molar-refractivity contribution in [3.63, 3.8) is 0 Å². The summed E-state index contributed by atoms with van der Waals surface area (Å²) in [6.07, 6.45) is 5.23. The van der Waals surface area contributed by atoms with Crippen LogP contribution in [0.25, 0.3) is 0 Å². The Morgan fingerprint density at radius 2 is 2.00 bits per heavy atom. The van der Waals surface area contributed by atoms with E-state index in [1.165, 1.54) is 16.7 Å². The molecular weight excluding hydrogens is 184 g/mol. The Labute approximate surface area is 91.9 Å². The van der Waals surface area contributed by atoms with E-state index in [0.717, 1.165) is 0 Å². The van der Waals surface area contributed by atoms with Crippen molar-refractivity contribution in [2.24, 2.45) is 5.73 Å². The van der Waals surface area contributed by atoms with Gasteiger partial charge in [-0.05, 0) is 30.5 Å². The summed E-state index contributed by atoms with van der Waals surface area (Å²) in [6, 6.07) is 6.41. The normalized spacial score (nSPS) is 12.1. The highest BCUT2D eigenvalue weighted by atomic mass is 14.9. The molecule has 0 aliphatic rings. The quantitative estimate of drug-likeness (QED) is 0.727. The van der Waals surface area contributed by atoms with Crippen LogP contribution in [0.1, 0.15) is 22.7 Å². The second-order valence-corrected chi connectivity index (χ2v) is 3.68. The Morgan fingerprint density at radius 1 is 1.40 bits per heavy atom. The summed E-state index contributed by atoms with van der Waals surface area (Å²) < 4.78 is 0. The lowest BCUT2D eigenvalue weighted by atomic mass is 9.96. The van der Waals surface area contributed by atoms with Crippen LogP contribution in [-0.4, -0.2) is 13.1 Å². The van der Waals surface area contributed by atoms with Crippen molar-refractivity contribution in [2.75, 3.05) is 13.1 Å². The molecule has 2 nitrogen and oxygen atoms in total. The van der Waals surface area contributed by atoms with Gasteiger partial charge in [-0.3, -0.25) is 5.32 Å². The second kappa shape index (κ2) is 5.55. The van der Waals surface area contributed by atoms with Gasteiger partial charge in [0.05, 0.1) is 6.54 Å². The fraction of sp³-hybridized carbons (Fsp3) is 0.385. The first-order valence-electron chi connectivity index (χ1n) is 5.13. The summed E-state index contributed by atoms with van der Waals surface area (Å²) in [5, 5.41) is 3.26. The Hall–Kier alpha value is -1.30. The minimum atomic E-state index is 0.155. The molecule has 0 fully saturated rings. The van der Waals surface area contributed by atoms with Crippen LogP contribution in [0.2, 0.25) is 0 Å². The molecule has 0 spiro atoms. The number of hydrogen-bond donors (Lipinski definition) is 2. The second-order valence-electron chi connectivity index (χ2n) is 3.68. The number of benzene rings is 1. The lowest BCUT2D eigenvalue weighted by Gasteiger charge is -2.20. The molecule has 80 valence electrons. The summed E-state index contributed by atoms with van der Waals surface area (Å²) in [5.41, 5.74) is 9.54. The maximum atomic E-state index is 5.75. The van der Waals surface area contributed by atoms with Gasteiger partial charge in [-0.2, -0.15) is 0 Å². The highest BCUT2D eigenvalue weighted by Gasteiger charge is 2.12. The van der Waals surface area contributed by atoms with E-state index in [1.807, 2.05) is 0 Å². The fourth-order valence-electron chi connectivity index (χ4n) is 1.86. The molecule has 0 saturated carbocycles. The predicted octanol–water partition coefficient (Wildman–Crippen LogP) is 1.53. The van der Waals surface area contributed by atoms with Crippen LogP contribution in [-0.2, 0) is 0 Å². The first-order chi connectivity index (χ1) is 7.20. The molecular formula is C13H18N2. The van der Waals surface area contributed by atoms with Gasteiger partial charge >= 0.3 is 0 Å². The molecule has 0 aliphatic heterocycles. The average molecular weight is 202 g/mol. The van der Waals surface area contributed by atoms with Crippen molar-refractivity contribution in [2.45, 2.75) is 19.9 Å². The van der Waals surface area contributed by atoms with Crippen LogP contribution in [0.3, 0.4) is 0 Å². The van der Waals surface area contributed by atoms with Gasteiger partial charge in [-0.15, -0.1) is 6.42 Å². The Morgan fingerprint density at radius 3 is 2.47 bits per heavy atom. The zero-order chi connectivity index (χ0) is 11.3. The summed E-state index contributed by atoms with van der Waals surface area (Å²) in [5.74, 6) is 2.57. The molecule has 1 rings (SSSR count). The van der Waals surface area contributed by atoms with Crippen molar-refractivity contribution in [3.05, 3.63) is 34.9 Å². The van der Waals surface area contributed by atoms with E-state index in [0.29, 0.717) is 13.1 Å². The van der Waals surface area contributed by atoms with E-state index in [9.17, 15) is 0 Å². The molecule has 0 bridgehead atoms. The molecule has 1 aromatic carbocycles. The minimum Gasteiger partial charge on any atom is -0.329 e. The molecule has 1 unspecified atom stereocenters. The van der Waals surface area contributed by atoms with Crippen molar-refractivity contribution in [1.29, 1.82) is 0 Å². The van der Waals surface area contributed by atoms with E-state index >= 15 is 0 Å². The number of aryl methyl sites for hydroxylation is 2.